The lowest BCUT2D eigenvalue weighted by Crippen LogP contribution is -2.18. The molecule has 1 N–H and O–H groups in total. The summed E-state index contributed by atoms with van der Waals surface area (Å²) in [6, 6.07) is 4.04. The molecule has 0 fully saturated rings. The zero-order valence-corrected chi connectivity index (χ0v) is 11.2. The van der Waals surface area contributed by atoms with Gasteiger partial charge in [0.1, 0.15) is 0 Å². The highest BCUT2D eigenvalue weighted by Crippen LogP contribution is 2.36. The summed E-state index contributed by atoms with van der Waals surface area (Å²) in [6.07, 6.45) is 0. The second-order valence-electron chi connectivity index (χ2n) is 4.17. The number of methoxy groups -OCH3 is 2. The van der Waals surface area contributed by atoms with E-state index in [4.69, 9.17) is 9.47 Å². The average molecular weight is 239 g/mol. The van der Waals surface area contributed by atoms with Crippen LogP contribution in [0.1, 0.15) is 24.1 Å². The Morgan fingerprint density at radius 1 is 1.24 bits per heavy atom. The third-order valence-corrected chi connectivity index (χ3v) is 3.07. The van der Waals surface area contributed by atoms with Crippen LogP contribution in [0.15, 0.2) is 12.1 Å². The Morgan fingerprint density at radius 2 is 1.88 bits per heavy atom. The van der Waals surface area contributed by atoms with Crippen LogP contribution in [0.4, 0.5) is 0 Å². The molecule has 4 heteroatoms. The van der Waals surface area contributed by atoms with Gasteiger partial charge in [-0.05, 0) is 32.6 Å². The van der Waals surface area contributed by atoms with Gasteiger partial charge in [0, 0.05) is 11.6 Å². The van der Waals surface area contributed by atoms with E-state index < -0.39 is 0 Å². The van der Waals surface area contributed by atoms with E-state index in [0.29, 0.717) is 11.5 Å². The number of aliphatic hydroxyl groups is 1. The van der Waals surface area contributed by atoms with Crippen LogP contribution in [0.5, 0.6) is 11.5 Å². The summed E-state index contributed by atoms with van der Waals surface area (Å²) >= 11 is 0. The number of rotatable bonds is 5. The van der Waals surface area contributed by atoms with Crippen molar-refractivity contribution >= 4 is 0 Å². The Morgan fingerprint density at radius 3 is 2.29 bits per heavy atom. The highest BCUT2D eigenvalue weighted by Gasteiger charge is 2.19. The maximum atomic E-state index is 9.53. The lowest BCUT2D eigenvalue weighted by atomic mass is 9.99. The first-order chi connectivity index (χ1) is 8.06. The molecule has 1 aromatic rings. The molecule has 0 saturated heterocycles. The summed E-state index contributed by atoms with van der Waals surface area (Å²) in [6.45, 7) is 2.02. The molecule has 0 aliphatic rings. The van der Waals surface area contributed by atoms with E-state index in [0.717, 1.165) is 11.1 Å². The maximum absolute atomic E-state index is 9.53. The first-order valence-electron chi connectivity index (χ1n) is 5.57. The molecule has 0 amide bonds. The fourth-order valence-electron chi connectivity index (χ4n) is 1.84. The van der Waals surface area contributed by atoms with Gasteiger partial charge in [-0.2, -0.15) is 0 Å². The highest BCUT2D eigenvalue weighted by atomic mass is 16.5. The topological polar surface area (TPSA) is 41.9 Å². The largest absolute Gasteiger partial charge is 0.493 e. The summed E-state index contributed by atoms with van der Waals surface area (Å²) in [5.74, 6) is 1.26. The number of hydrogen-bond acceptors (Lipinski definition) is 4. The predicted molar refractivity (Wildman–Crippen MR) is 67.6 cm³/mol. The van der Waals surface area contributed by atoms with Gasteiger partial charge in [0.25, 0.3) is 0 Å². The van der Waals surface area contributed by atoms with Gasteiger partial charge in [-0.1, -0.05) is 6.07 Å². The number of aliphatic hydroxyl groups excluding tert-OH is 1. The molecular weight excluding hydrogens is 218 g/mol. The van der Waals surface area contributed by atoms with Gasteiger partial charge in [-0.25, -0.2) is 0 Å². The number of ether oxygens (including phenoxy) is 2. The fraction of sp³-hybridized carbons (Fsp3) is 0.538. The maximum Gasteiger partial charge on any atom is 0.166 e. The average Bonchev–Trinajstić information content (AvgIpc) is 2.35. The summed E-state index contributed by atoms with van der Waals surface area (Å²) < 4.78 is 10.5. The monoisotopic (exact) mass is 239 g/mol. The molecule has 0 saturated carbocycles. The molecule has 0 spiro atoms. The smallest absolute Gasteiger partial charge is 0.166 e. The third-order valence-electron chi connectivity index (χ3n) is 3.07. The van der Waals surface area contributed by atoms with E-state index in [1.54, 1.807) is 14.2 Å². The summed E-state index contributed by atoms with van der Waals surface area (Å²) in [7, 11) is 7.18. The van der Waals surface area contributed by atoms with E-state index in [1.165, 1.54) is 0 Å². The first-order valence-corrected chi connectivity index (χ1v) is 5.57. The van der Waals surface area contributed by atoms with E-state index in [-0.39, 0.29) is 12.6 Å². The van der Waals surface area contributed by atoms with Crippen LogP contribution < -0.4 is 9.47 Å². The molecule has 1 rings (SSSR count). The van der Waals surface area contributed by atoms with Gasteiger partial charge in [-0.3, -0.25) is 0 Å². The normalized spacial score (nSPS) is 12.6. The third kappa shape index (κ3) is 2.70. The number of hydrogen-bond donors (Lipinski definition) is 1. The second-order valence-corrected chi connectivity index (χ2v) is 4.17. The quantitative estimate of drug-likeness (QED) is 0.851. The molecule has 1 unspecified atom stereocenters. The van der Waals surface area contributed by atoms with Gasteiger partial charge in [0.15, 0.2) is 11.5 Å². The molecule has 0 heterocycles. The number of benzene rings is 1. The molecule has 1 aromatic carbocycles. The van der Waals surface area contributed by atoms with Crippen molar-refractivity contribution in [3.63, 3.8) is 0 Å². The van der Waals surface area contributed by atoms with Crippen LogP contribution in [-0.4, -0.2) is 38.3 Å². The van der Waals surface area contributed by atoms with Gasteiger partial charge < -0.3 is 19.5 Å². The highest BCUT2D eigenvalue weighted by molar-refractivity contribution is 5.51. The standard InChI is InChI=1S/C13H21NO3/c1-9(14(2)3)10-6-7-12(16-4)13(17-5)11(10)8-15/h6-7,9,15H,8H2,1-5H3. The van der Waals surface area contributed by atoms with Crippen molar-refractivity contribution in [3.05, 3.63) is 23.3 Å². The molecule has 17 heavy (non-hydrogen) atoms. The molecule has 96 valence electrons. The van der Waals surface area contributed by atoms with E-state index in [1.807, 2.05) is 26.2 Å². The van der Waals surface area contributed by atoms with Crippen molar-refractivity contribution in [2.45, 2.75) is 19.6 Å². The van der Waals surface area contributed by atoms with Gasteiger partial charge in [0.2, 0.25) is 0 Å². The molecule has 0 aliphatic carbocycles. The Kier molecular flexibility index (Phi) is 4.78. The van der Waals surface area contributed by atoms with E-state index >= 15 is 0 Å². The number of nitrogens with zero attached hydrogens (tertiary/aromatic N) is 1. The molecule has 0 aromatic heterocycles. The summed E-state index contributed by atoms with van der Waals surface area (Å²) in [5.41, 5.74) is 1.84. The fourth-order valence-corrected chi connectivity index (χ4v) is 1.84. The van der Waals surface area contributed by atoms with Crippen LogP contribution in [0.2, 0.25) is 0 Å². The Bertz CT molecular complexity index is 377. The first kappa shape index (κ1) is 13.8. The molecule has 0 bridgehead atoms. The van der Waals surface area contributed by atoms with Gasteiger partial charge >= 0.3 is 0 Å². The lowest BCUT2D eigenvalue weighted by Gasteiger charge is -2.24. The van der Waals surface area contributed by atoms with Crippen molar-refractivity contribution in [1.82, 2.24) is 4.90 Å². The molecular formula is C13H21NO3. The molecule has 4 nitrogen and oxygen atoms in total. The zero-order valence-electron chi connectivity index (χ0n) is 11.2. The Labute approximate surface area is 103 Å². The van der Waals surface area contributed by atoms with Crippen molar-refractivity contribution in [3.8, 4) is 11.5 Å². The summed E-state index contributed by atoms with van der Waals surface area (Å²) in [4.78, 5) is 2.08. The van der Waals surface area contributed by atoms with E-state index in [9.17, 15) is 5.11 Å². The van der Waals surface area contributed by atoms with Crippen molar-refractivity contribution in [2.75, 3.05) is 28.3 Å². The Balaban J connectivity index is 3.32. The zero-order chi connectivity index (χ0) is 13.0. The minimum Gasteiger partial charge on any atom is -0.493 e. The molecule has 1 atom stereocenters. The van der Waals surface area contributed by atoms with Gasteiger partial charge in [0.05, 0.1) is 20.8 Å². The van der Waals surface area contributed by atoms with Crippen LogP contribution in [0.3, 0.4) is 0 Å². The second kappa shape index (κ2) is 5.89. The van der Waals surface area contributed by atoms with Crippen LogP contribution in [0.25, 0.3) is 0 Å². The SMILES string of the molecule is COc1ccc(C(C)N(C)C)c(CO)c1OC. The minimum atomic E-state index is -0.0616. The van der Waals surface area contributed by atoms with Gasteiger partial charge in [-0.15, -0.1) is 0 Å². The van der Waals surface area contributed by atoms with Crippen LogP contribution in [-0.2, 0) is 6.61 Å². The summed E-state index contributed by atoms with van der Waals surface area (Å²) in [5, 5.41) is 9.53. The predicted octanol–water partition coefficient (Wildman–Crippen LogP) is 1.82. The molecule has 0 radical (unpaired) electrons. The Hall–Kier alpha value is -1.26. The molecule has 0 aliphatic heterocycles. The van der Waals surface area contributed by atoms with Crippen LogP contribution in [0, 0.1) is 0 Å². The van der Waals surface area contributed by atoms with Crippen molar-refractivity contribution in [2.24, 2.45) is 0 Å². The lowest BCUT2D eigenvalue weighted by molar-refractivity contribution is 0.259. The van der Waals surface area contributed by atoms with Crippen LogP contribution >= 0.6 is 0 Å². The van der Waals surface area contributed by atoms with Crippen molar-refractivity contribution < 1.29 is 14.6 Å². The van der Waals surface area contributed by atoms with Crippen molar-refractivity contribution in [1.29, 1.82) is 0 Å². The van der Waals surface area contributed by atoms with E-state index in [2.05, 4.69) is 11.8 Å². The minimum absolute atomic E-state index is 0.0616.